The van der Waals surface area contributed by atoms with Crippen LogP contribution in [0.3, 0.4) is 0 Å². The van der Waals surface area contributed by atoms with Crippen molar-refractivity contribution in [2.75, 3.05) is 13.1 Å². The molecule has 0 aliphatic carbocycles. The largest absolute Gasteiger partial charge is 0.481 e. The molecule has 0 atom stereocenters. The number of carboxylic acid groups (broad SMARTS) is 1. The third-order valence-electron chi connectivity index (χ3n) is 5.41. The summed E-state index contributed by atoms with van der Waals surface area (Å²) in [6.07, 6.45) is 27.7. The Morgan fingerprint density at radius 3 is 1.03 bits per heavy atom. The van der Waals surface area contributed by atoms with Gasteiger partial charge in [-0.05, 0) is 19.4 Å². The summed E-state index contributed by atoms with van der Waals surface area (Å²) < 4.78 is 0. The highest BCUT2D eigenvalue weighted by molar-refractivity contribution is 5.75. The van der Waals surface area contributed by atoms with Gasteiger partial charge in [0, 0.05) is 13.5 Å². The highest BCUT2D eigenvalue weighted by atomic mass is 16.4. The summed E-state index contributed by atoms with van der Waals surface area (Å²) in [5.74, 6) is -0.611. The van der Waals surface area contributed by atoms with Gasteiger partial charge < -0.3 is 22.3 Å². The van der Waals surface area contributed by atoms with E-state index in [1.54, 1.807) is 0 Å². The molecule has 6 nitrogen and oxygen atoms in total. The van der Waals surface area contributed by atoms with Crippen molar-refractivity contribution in [1.29, 1.82) is 0 Å². The number of carbonyl (C=O) groups is 1. The predicted molar refractivity (Wildman–Crippen MR) is 135 cm³/mol. The molecule has 7 N–H and O–H groups in total. The first-order valence-electron chi connectivity index (χ1n) is 13.0. The molecule has 0 aromatic rings. The Bertz CT molecular complexity index is 382. The van der Waals surface area contributed by atoms with Crippen molar-refractivity contribution in [3.63, 3.8) is 0 Å². The molecule has 0 unspecified atom stereocenters. The van der Waals surface area contributed by atoms with Crippen LogP contribution < -0.4 is 17.2 Å². The van der Waals surface area contributed by atoms with E-state index in [1.807, 2.05) is 0 Å². The van der Waals surface area contributed by atoms with Crippen molar-refractivity contribution in [2.45, 2.75) is 135 Å². The molecule has 0 aromatic carbocycles. The summed E-state index contributed by atoms with van der Waals surface area (Å²) in [5.41, 5.74) is 16.1. The maximum atomic E-state index is 9.00. The molecule has 0 rings (SSSR count). The molecule has 0 aliphatic heterocycles. The summed E-state index contributed by atoms with van der Waals surface area (Å²) in [6.45, 7) is 2.74. The van der Waals surface area contributed by atoms with E-state index in [2.05, 4.69) is 4.99 Å². The fourth-order valence-corrected chi connectivity index (χ4v) is 3.65. The second kappa shape index (κ2) is 28.7. The molecule has 0 bridgehead atoms. The van der Waals surface area contributed by atoms with Crippen LogP contribution in [0.5, 0.6) is 0 Å². The Labute approximate surface area is 192 Å². The van der Waals surface area contributed by atoms with Gasteiger partial charge in [-0.15, -0.1) is 0 Å². The van der Waals surface area contributed by atoms with Gasteiger partial charge in [0.15, 0.2) is 5.96 Å². The van der Waals surface area contributed by atoms with Gasteiger partial charge in [0.25, 0.3) is 5.97 Å². The van der Waals surface area contributed by atoms with E-state index in [0.29, 0.717) is 0 Å². The van der Waals surface area contributed by atoms with Gasteiger partial charge in [-0.25, -0.2) is 0 Å². The minimum atomic E-state index is -0.833. The van der Waals surface area contributed by atoms with Crippen molar-refractivity contribution < 1.29 is 9.90 Å². The first-order valence-corrected chi connectivity index (χ1v) is 13.0. The average Bonchev–Trinajstić information content (AvgIpc) is 2.71. The normalized spacial score (nSPS) is 10.4. The lowest BCUT2D eigenvalue weighted by Gasteiger charge is -2.04. The average molecular weight is 443 g/mol. The number of guanidine groups is 1. The van der Waals surface area contributed by atoms with E-state index in [-0.39, 0.29) is 5.96 Å². The van der Waals surface area contributed by atoms with Crippen LogP contribution in [0.15, 0.2) is 4.99 Å². The van der Waals surface area contributed by atoms with Crippen LogP contribution in [0.25, 0.3) is 0 Å². The van der Waals surface area contributed by atoms with Gasteiger partial charge in [-0.3, -0.25) is 9.79 Å². The molecule has 6 heteroatoms. The lowest BCUT2D eigenvalue weighted by atomic mass is 10.0. The summed E-state index contributed by atoms with van der Waals surface area (Å²) in [7, 11) is 0. The van der Waals surface area contributed by atoms with Gasteiger partial charge in [-0.1, -0.05) is 116 Å². The number of nitrogens with two attached hydrogens (primary N) is 3. The maximum Gasteiger partial charge on any atom is 0.300 e. The van der Waals surface area contributed by atoms with Crippen molar-refractivity contribution in [1.82, 2.24) is 0 Å². The quantitative estimate of drug-likeness (QED) is 0.0913. The Kier molecular flexibility index (Phi) is 29.5. The van der Waals surface area contributed by atoms with Crippen LogP contribution in [0, 0.1) is 0 Å². The highest BCUT2D eigenvalue weighted by Gasteiger charge is 1.95. The van der Waals surface area contributed by atoms with Crippen LogP contribution in [0.1, 0.15) is 135 Å². The van der Waals surface area contributed by atoms with E-state index < -0.39 is 5.97 Å². The zero-order valence-electron chi connectivity index (χ0n) is 20.6. The maximum absolute atomic E-state index is 9.00. The number of carboxylic acids is 1. The minimum absolute atomic E-state index is 0.222. The fraction of sp³-hybridized carbons (Fsp3) is 0.920. The molecule has 0 saturated carbocycles. The van der Waals surface area contributed by atoms with Gasteiger partial charge in [0.1, 0.15) is 0 Å². The van der Waals surface area contributed by atoms with Crippen LogP contribution in [-0.2, 0) is 4.79 Å². The minimum Gasteiger partial charge on any atom is -0.481 e. The zero-order valence-corrected chi connectivity index (χ0v) is 20.6. The van der Waals surface area contributed by atoms with Crippen molar-refractivity contribution in [3.05, 3.63) is 0 Å². The van der Waals surface area contributed by atoms with Gasteiger partial charge >= 0.3 is 0 Å². The monoisotopic (exact) mass is 442 g/mol. The molecule has 0 aliphatic rings. The molecule has 0 aromatic heterocycles. The smallest absolute Gasteiger partial charge is 0.300 e. The predicted octanol–water partition coefficient (Wildman–Crippen LogP) is 6.11. The summed E-state index contributed by atoms with van der Waals surface area (Å²) in [5, 5.41) is 7.42. The number of aliphatic carboxylic acids is 1. The van der Waals surface area contributed by atoms with Crippen molar-refractivity contribution in [2.24, 2.45) is 22.2 Å². The fourth-order valence-electron chi connectivity index (χ4n) is 3.65. The van der Waals surface area contributed by atoms with Crippen LogP contribution in [0.4, 0.5) is 0 Å². The third kappa shape index (κ3) is 39.7. The van der Waals surface area contributed by atoms with Crippen molar-refractivity contribution in [3.8, 4) is 0 Å². The number of rotatable bonds is 22. The lowest BCUT2D eigenvalue weighted by Crippen LogP contribution is -2.22. The molecule has 0 heterocycles. The first kappa shape index (κ1) is 31.9. The van der Waals surface area contributed by atoms with Crippen LogP contribution >= 0.6 is 0 Å². The van der Waals surface area contributed by atoms with Crippen molar-refractivity contribution >= 4 is 11.9 Å². The second-order valence-corrected chi connectivity index (χ2v) is 8.69. The van der Waals surface area contributed by atoms with E-state index in [9.17, 15) is 0 Å². The first-order chi connectivity index (χ1) is 15.0. The Morgan fingerprint density at radius 1 is 0.581 bits per heavy atom. The van der Waals surface area contributed by atoms with E-state index in [4.69, 9.17) is 27.1 Å². The Hall–Kier alpha value is -1.30. The highest BCUT2D eigenvalue weighted by Crippen LogP contribution is 2.14. The molecule has 0 radical (unpaired) electrons. The standard InChI is InChI=1S/C23H50N4.C2H4O2/c24-21-19-17-15-13-11-9-7-5-3-1-2-4-6-8-10-12-14-16-18-20-22-27-23(25)26;1-2(3)4/h1-22,24H2,(H4,25,26,27);1H3,(H,3,4). The Morgan fingerprint density at radius 2 is 0.806 bits per heavy atom. The SMILES string of the molecule is CC(=O)O.NCCCCCCCCCCCCCCCCCCCCCCN=C(N)N. The van der Waals surface area contributed by atoms with E-state index >= 15 is 0 Å². The van der Waals surface area contributed by atoms with Gasteiger partial charge in [-0.2, -0.15) is 0 Å². The molecular weight excluding hydrogens is 388 g/mol. The lowest BCUT2D eigenvalue weighted by molar-refractivity contribution is -0.134. The molecule has 186 valence electrons. The molecule has 31 heavy (non-hydrogen) atoms. The zero-order chi connectivity index (χ0) is 23.4. The number of hydrogen-bond donors (Lipinski definition) is 4. The molecule has 0 saturated heterocycles. The molecule has 0 fully saturated rings. The summed E-state index contributed by atoms with van der Waals surface area (Å²) in [6, 6.07) is 0. The number of unbranched alkanes of at least 4 members (excludes halogenated alkanes) is 19. The van der Waals surface area contributed by atoms with Crippen LogP contribution in [-0.4, -0.2) is 30.1 Å². The number of hydrogen-bond acceptors (Lipinski definition) is 3. The number of aliphatic imine (C=N–C) groups is 1. The third-order valence-corrected chi connectivity index (χ3v) is 5.41. The topological polar surface area (TPSA) is 128 Å². The van der Waals surface area contributed by atoms with E-state index in [0.717, 1.165) is 26.4 Å². The molecule has 0 spiro atoms. The van der Waals surface area contributed by atoms with Crippen LogP contribution in [0.2, 0.25) is 0 Å². The molecular formula is C25H54N4O2. The summed E-state index contributed by atoms with van der Waals surface area (Å²) in [4.78, 5) is 13.0. The summed E-state index contributed by atoms with van der Waals surface area (Å²) >= 11 is 0. The van der Waals surface area contributed by atoms with Gasteiger partial charge in [0.05, 0.1) is 0 Å². The number of nitrogens with zero attached hydrogens (tertiary/aromatic N) is 1. The second-order valence-electron chi connectivity index (χ2n) is 8.69. The molecule has 0 amide bonds. The van der Waals surface area contributed by atoms with Gasteiger partial charge in [0.2, 0.25) is 0 Å². The Balaban J connectivity index is 0. The van der Waals surface area contributed by atoms with E-state index in [1.165, 1.54) is 122 Å².